The van der Waals surface area contributed by atoms with Crippen LogP contribution in [0.5, 0.6) is 5.88 Å². The molecule has 2 aromatic heterocycles. The number of aromatic hydroxyl groups is 1. The van der Waals surface area contributed by atoms with Crippen molar-refractivity contribution < 1.29 is 15.0 Å². The zero-order valence-corrected chi connectivity index (χ0v) is 10.7. The van der Waals surface area contributed by atoms with E-state index in [4.69, 9.17) is 0 Å². The predicted octanol–water partition coefficient (Wildman–Crippen LogP) is 2.71. The first kappa shape index (κ1) is 12.2. The molecule has 0 aliphatic rings. The summed E-state index contributed by atoms with van der Waals surface area (Å²) in [5, 5.41) is 19.3. The van der Waals surface area contributed by atoms with Crippen LogP contribution in [0.25, 0.3) is 16.9 Å². The number of pyridine rings is 1. The molecule has 20 heavy (non-hydrogen) atoms. The Morgan fingerprint density at radius 3 is 2.60 bits per heavy atom. The maximum Gasteiger partial charge on any atom is 0.356 e. The van der Waals surface area contributed by atoms with Gasteiger partial charge >= 0.3 is 5.97 Å². The van der Waals surface area contributed by atoms with Gasteiger partial charge in [-0.25, -0.2) is 9.78 Å². The van der Waals surface area contributed by atoms with E-state index in [1.807, 2.05) is 31.2 Å². The molecule has 0 aliphatic heterocycles. The number of imidazole rings is 1. The maximum atomic E-state index is 11.3. The molecule has 2 heterocycles. The summed E-state index contributed by atoms with van der Waals surface area (Å²) in [5.74, 6) is -0.734. The van der Waals surface area contributed by atoms with Crippen molar-refractivity contribution in [1.29, 1.82) is 0 Å². The van der Waals surface area contributed by atoms with Crippen LogP contribution in [0.15, 0.2) is 42.5 Å². The number of hydrogen-bond donors (Lipinski definition) is 2. The fraction of sp³-hybridized carbons (Fsp3) is 0.0667. The quantitative estimate of drug-likeness (QED) is 0.749. The lowest BCUT2D eigenvalue weighted by atomic mass is 10.1. The van der Waals surface area contributed by atoms with E-state index in [1.54, 1.807) is 12.1 Å². The highest BCUT2D eigenvalue weighted by molar-refractivity contribution is 5.95. The minimum atomic E-state index is -1.12. The van der Waals surface area contributed by atoms with Crippen molar-refractivity contribution in [2.24, 2.45) is 0 Å². The third-order valence-corrected chi connectivity index (χ3v) is 3.23. The summed E-state index contributed by atoms with van der Waals surface area (Å²) in [6.45, 7) is 1.91. The Hall–Kier alpha value is -2.82. The first-order valence-electron chi connectivity index (χ1n) is 6.09. The van der Waals surface area contributed by atoms with E-state index in [0.717, 1.165) is 11.1 Å². The van der Waals surface area contributed by atoms with Gasteiger partial charge < -0.3 is 10.2 Å². The van der Waals surface area contributed by atoms with E-state index in [0.29, 0.717) is 11.3 Å². The number of nitrogens with zero attached hydrogens (tertiary/aromatic N) is 2. The van der Waals surface area contributed by atoms with E-state index >= 15 is 0 Å². The van der Waals surface area contributed by atoms with Crippen LogP contribution in [-0.2, 0) is 0 Å². The summed E-state index contributed by atoms with van der Waals surface area (Å²) >= 11 is 0. The molecule has 100 valence electrons. The molecule has 3 rings (SSSR count). The van der Waals surface area contributed by atoms with Crippen LogP contribution >= 0.6 is 0 Å². The van der Waals surface area contributed by atoms with Gasteiger partial charge in [-0.1, -0.05) is 30.3 Å². The lowest BCUT2D eigenvalue weighted by Gasteiger charge is -2.06. The Morgan fingerprint density at radius 2 is 1.90 bits per heavy atom. The summed E-state index contributed by atoms with van der Waals surface area (Å²) in [4.78, 5) is 15.5. The summed E-state index contributed by atoms with van der Waals surface area (Å²) in [6.07, 6.45) is 0. The van der Waals surface area contributed by atoms with Gasteiger partial charge in [0.05, 0.1) is 5.52 Å². The van der Waals surface area contributed by atoms with Crippen molar-refractivity contribution >= 4 is 11.5 Å². The minimum absolute atomic E-state index is 0.0410. The number of aromatic carboxylic acids is 1. The van der Waals surface area contributed by atoms with Crippen LogP contribution in [0, 0.1) is 6.92 Å². The van der Waals surface area contributed by atoms with E-state index < -0.39 is 5.97 Å². The number of benzene rings is 1. The highest BCUT2D eigenvalue weighted by Crippen LogP contribution is 2.28. The van der Waals surface area contributed by atoms with Crippen LogP contribution in [0.4, 0.5) is 0 Å². The Bertz CT molecular complexity index is 821. The molecule has 0 atom stereocenters. The molecular weight excluding hydrogens is 256 g/mol. The van der Waals surface area contributed by atoms with E-state index in [2.05, 4.69) is 4.98 Å². The summed E-state index contributed by atoms with van der Waals surface area (Å²) < 4.78 is 1.45. The number of rotatable bonds is 2. The molecule has 0 saturated heterocycles. The fourth-order valence-corrected chi connectivity index (χ4v) is 2.28. The number of carboxylic acid groups (broad SMARTS) is 1. The summed E-state index contributed by atoms with van der Waals surface area (Å²) in [6, 6.07) is 12.2. The van der Waals surface area contributed by atoms with Gasteiger partial charge in [0.25, 0.3) is 0 Å². The molecule has 5 heteroatoms. The Labute approximate surface area is 114 Å². The number of fused-ring (bicyclic) bond motifs is 1. The number of carboxylic acids is 1. The molecule has 0 unspecified atom stereocenters. The van der Waals surface area contributed by atoms with Gasteiger partial charge in [0.2, 0.25) is 0 Å². The lowest BCUT2D eigenvalue weighted by molar-refractivity contribution is 0.0693. The second kappa shape index (κ2) is 4.38. The molecule has 5 nitrogen and oxygen atoms in total. The molecular formula is C15H12N2O3. The normalized spacial score (nSPS) is 10.8. The van der Waals surface area contributed by atoms with Gasteiger partial charge in [-0.3, -0.25) is 4.40 Å². The predicted molar refractivity (Wildman–Crippen MR) is 74.0 cm³/mol. The van der Waals surface area contributed by atoms with Crippen molar-refractivity contribution in [3.8, 4) is 17.3 Å². The highest BCUT2D eigenvalue weighted by Gasteiger charge is 2.20. The Morgan fingerprint density at radius 1 is 1.15 bits per heavy atom. The lowest BCUT2D eigenvalue weighted by Crippen LogP contribution is -1.97. The molecule has 0 amide bonds. The van der Waals surface area contributed by atoms with E-state index in [-0.39, 0.29) is 11.6 Å². The molecule has 0 saturated carbocycles. The monoisotopic (exact) mass is 268 g/mol. The van der Waals surface area contributed by atoms with Crippen molar-refractivity contribution in [2.75, 3.05) is 0 Å². The van der Waals surface area contributed by atoms with E-state index in [1.165, 1.54) is 10.5 Å². The number of hydrogen-bond acceptors (Lipinski definition) is 3. The molecule has 0 fully saturated rings. The van der Waals surface area contributed by atoms with Crippen LogP contribution in [0.1, 0.15) is 16.1 Å². The standard InChI is InChI=1S/C15H12N2O3/c1-9-5-2-3-6-10(9)14-16-13(15(19)20)11-7-4-8-12(18)17(11)14/h2-8,18H,1H3,(H,19,20). The zero-order chi connectivity index (χ0) is 14.3. The third-order valence-electron chi connectivity index (χ3n) is 3.23. The molecule has 0 spiro atoms. The van der Waals surface area contributed by atoms with Crippen LogP contribution in [0.3, 0.4) is 0 Å². The SMILES string of the molecule is Cc1ccccc1-c1nc(C(=O)O)c2cccc(O)n12. The third kappa shape index (κ3) is 1.72. The zero-order valence-electron chi connectivity index (χ0n) is 10.7. The maximum absolute atomic E-state index is 11.3. The largest absolute Gasteiger partial charge is 0.494 e. The van der Waals surface area contributed by atoms with E-state index in [9.17, 15) is 15.0 Å². The van der Waals surface area contributed by atoms with Crippen LogP contribution in [-0.4, -0.2) is 25.6 Å². The second-order valence-corrected chi connectivity index (χ2v) is 4.51. The Balaban J connectivity index is 2.43. The average Bonchev–Trinajstić information content (AvgIpc) is 2.80. The van der Waals surface area contributed by atoms with Gasteiger partial charge in [-0.2, -0.15) is 0 Å². The molecule has 0 bridgehead atoms. The fourth-order valence-electron chi connectivity index (χ4n) is 2.28. The molecule has 2 N–H and O–H groups in total. The smallest absolute Gasteiger partial charge is 0.356 e. The van der Waals surface area contributed by atoms with Gasteiger partial charge in [0.15, 0.2) is 11.6 Å². The topological polar surface area (TPSA) is 74.8 Å². The van der Waals surface area contributed by atoms with Gasteiger partial charge in [0.1, 0.15) is 5.82 Å². The number of aromatic nitrogens is 2. The van der Waals surface area contributed by atoms with Crippen molar-refractivity contribution in [3.63, 3.8) is 0 Å². The van der Waals surface area contributed by atoms with Gasteiger partial charge in [-0.05, 0) is 24.6 Å². The van der Waals surface area contributed by atoms with Crippen molar-refractivity contribution in [1.82, 2.24) is 9.38 Å². The van der Waals surface area contributed by atoms with Gasteiger partial charge in [0, 0.05) is 5.56 Å². The summed E-state index contributed by atoms with van der Waals surface area (Å²) in [7, 11) is 0. The van der Waals surface area contributed by atoms with Crippen molar-refractivity contribution in [3.05, 3.63) is 53.7 Å². The summed E-state index contributed by atoms with van der Waals surface area (Å²) in [5.41, 5.74) is 2.05. The Kier molecular flexibility index (Phi) is 2.68. The highest BCUT2D eigenvalue weighted by atomic mass is 16.4. The van der Waals surface area contributed by atoms with Gasteiger partial charge in [-0.15, -0.1) is 0 Å². The van der Waals surface area contributed by atoms with Crippen molar-refractivity contribution in [2.45, 2.75) is 6.92 Å². The van der Waals surface area contributed by atoms with Crippen LogP contribution < -0.4 is 0 Å². The molecule has 1 aromatic carbocycles. The molecule has 0 radical (unpaired) electrons. The van der Waals surface area contributed by atoms with Crippen LogP contribution in [0.2, 0.25) is 0 Å². The number of aryl methyl sites for hydroxylation is 1. The first-order chi connectivity index (χ1) is 9.59. The average molecular weight is 268 g/mol. The molecule has 3 aromatic rings. The first-order valence-corrected chi connectivity index (χ1v) is 6.09. The number of carbonyl (C=O) groups is 1. The second-order valence-electron chi connectivity index (χ2n) is 4.51. The minimum Gasteiger partial charge on any atom is -0.494 e. The molecule has 0 aliphatic carbocycles.